The Morgan fingerprint density at radius 1 is 1.17 bits per heavy atom. The molecule has 0 saturated carbocycles. The molecule has 2 aromatic carbocycles. The van der Waals surface area contributed by atoms with Crippen molar-refractivity contribution in [2.45, 2.75) is 37.8 Å². The molecule has 2 aliphatic rings. The second-order valence-electron chi connectivity index (χ2n) is 8.39. The van der Waals surface area contributed by atoms with Crippen LogP contribution in [0.2, 0.25) is 0 Å². The second kappa shape index (κ2) is 12.1. The molecule has 194 valence electrons. The normalized spacial score (nSPS) is 20.6. The summed E-state index contributed by atoms with van der Waals surface area (Å²) in [6, 6.07) is 8.55. The summed E-state index contributed by atoms with van der Waals surface area (Å²) in [4.78, 5) is 12.7. The van der Waals surface area contributed by atoms with E-state index in [9.17, 15) is 15.0 Å². The predicted octanol–water partition coefficient (Wildman–Crippen LogP) is 1.23. The fourth-order valence-corrected chi connectivity index (χ4v) is 4.91. The van der Waals surface area contributed by atoms with E-state index in [1.54, 1.807) is 18.2 Å². The van der Waals surface area contributed by atoms with E-state index in [4.69, 9.17) is 24.1 Å². The smallest absolute Gasteiger partial charge is 0.247 e. The summed E-state index contributed by atoms with van der Waals surface area (Å²) < 4.78 is 23.1. The van der Waals surface area contributed by atoms with Gasteiger partial charge in [0.15, 0.2) is 23.0 Å². The van der Waals surface area contributed by atoms with Gasteiger partial charge >= 0.3 is 0 Å². The molecule has 3 unspecified atom stereocenters. The van der Waals surface area contributed by atoms with Crippen molar-refractivity contribution < 1.29 is 39.1 Å². The van der Waals surface area contributed by atoms with E-state index < -0.39 is 18.2 Å². The highest BCUT2D eigenvalue weighted by molar-refractivity contribution is 14.1. The molecule has 0 aromatic heterocycles. The third-order valence-corrected chi connectivity index (χ3v) is 6.78. The van der Waals surface area contributed by atoms with Crippen molar-refractivity contribution in [1.29, 1.82) is 0 Å². The van der Waals surface area contributed by atoms with Crippen molar-refractivity contribution in [3.63, 3.8) is 0 Å². The van der Waals surface area contributed by atoms with Crippen molar-refractivity contribution in [2.75, 3.05) is 27.1 Å². The monoisotopic (exact) mass is 612 g/mol. The van der Waals surface area contributed by atoms with Crippen LogP contribution in [0.4, 0.5) is 0 Å². The van der Waals surface area contributed by atoms with Gasteiger partial charge in [-0.15, -0.1) is 0 Å². The first-order valence-corrected chi connectivity index (χ1v) is 12.5. The Balaban J connectivity index is 1.56. The number of fused-ring (bicyclic) bond motifs is 1. The van der Waals surface area contributed by atoms with Crippen LogP contribution in [0.15, 0.2) is 42.0 Å². The molecule has 0 spiro atoms. The number of methoxy groups -OCH3 is 1. The van der Waals surface area contributed by atoms with E-state index in [1.807, 2.05) is 18.2 Å². The average molecular weight is 612 g/mol. The Labute approximate surface area is 222 Å². The van der Waals surface area contributed by atoms with E-state index in [0.717, 1.165) is 5.56 Å². The minimum Gasteiger partial charge on any atom is -0.493 e. The van der Waals surface area contributed by atoms with Crippen LogP contribution in [0.5, 0.6) is 23.0 Å². The number of halogens is 1. The average Bonchev–Trinajstić information content (AvgIpc) is 3.36. The highest BCUT2D eigenvalue weighted by Gasteiger charge is 2.36. The SMILES string of the molecule is COc1cc(CO)cc(I)c1OC1C=C(C(=O)NCCO)CC(NCc2ccc3c(c2)OCO3)C1O. The Hall–Kier alpha value is -2.58. The molecule has 0 bridgehead atoms. The van der Waals surface area contributed by atoms with Gasteiger partial charge in [-0.1, -0.05) is 6.07 Å². The number of carbonyl (C=O) groups excluding carboxylic acids is 1. The number of ether oxygens (including phenoxy) is 4. The minimum atomic E-state index is -0.980. The molecule has 1 amide bonds. The highest BCUT2D eigenvalue weighted by atomic mass is 127. The first-order valence-electron chi connectivity index (χ1n) is 11.5. The van der Waals surface area contributed by atoms with Crippen LogP contribution in [0.3, 0.4) is 0 Å². The van der Waals surface area contributed by atoms with Crippen LogP contribution in [0.1, 0.15) is 17.5 Å². The lowest BCUT2D eigenvalue weighted by Gasteiger charge is -2.34. The molecule has 5 N–H and O–H groups in total. The molecule has 10 nitrogen and oxygen atoms in total. The predicted molar refractivity (Wildman–Crippen MR) is 138 cm³/mol. The number of carbonyl (C=O) groups is 1. The van der Waals surface area contributed by atoms with Gasteiger partial charge in [0, 0.05) is 24.7 Å². The van der Waals surface area contributed by atoms with Gasteiger partial charge in [0.05, 0.1) is 23.9 Å². The molecule has 2 aromatic rings. The van der Waals surface area contributed by atoms with Gasteiger partial charge in [0.25, 0.3) is 0 Å². The van der Waals surface area contributed by atoms with Crippen molar-refractivity contribution in [3.05, 3.63) is 56.7 Å². The lowest BCUT2D eigenvalue weighted by Crippen LogP contribution is -2.51. The Morgan fingerprint density at radius 2 is 1.97 bits per heavy atom. The summed E-state index contributed by atoms with van der Waals surface area (Å²) in [6.45, 7) is 0.390. The number of benzene rings is 2. The zero-order chi connectivity index (χ0) is 25.7. The van der Waals surface area contributed by atoms with Gasteiger partial charge in [-0.2, -0.15) is 0 Å². The molecular weight excluding hydrogens is 583 g/mol. The number of aliphatic hydroxyl groups excluding tert-OH is 3. The van der Waals surface area contributed by atoms with Crippen LogP contribution in [0, 0.1) is 3.57 Å². The second-order valence-corrected chi connectivity index (χ2v) is 9.55. The Morgan fingerprint density at radius 3 is 2.72 bits per heavy atom. The summed E-state index contributed by atoms with van der Waals surface area (Å²) >= 11 is 2.08. The van der Waals surface area contributed by atoms with Gasteiger partial charge in [-0.3, -0.25) is 4.79 Å². The minimum absolute atomic E-state index is 0.119. The summed E-state index contributed by atoms with van der Waals surface area (Å²) in [5, 5.41) is 35.8. The molecule has 1 aliphatic carbocycles. The number of hydrogen-bond donors (Lipinski definition) is 5. The fourth-order valence-electron chi connectivity index (χ4n) is 4.11. The zero-order valence-electron chi connectivity index (χ0n) is 19.7. The number of amides is 1. The molecule has 0 saturated heterocycles. The molecule has 4 rings (SSSR count). The van der Waals surface area contributed by atoms with E-state index in [1.165, 1.54) is 7.11 Å². The Kier molecular flexibility index (Phi) is 8.90. The third-order valence-electron chi connectivity index (χ3n) is 5.97. The van der Waals surface area contributed by atoms with E-state index >= 15 is 0 Å². The molecule has 11 heteroatoms. The topological polar surface area (TPSA) is 139 Å². The largest absolute Gasteiger partial charge is 0.493 e. The quantitative estimate of drug-likeness (QED) is 0.251. The molecule has 36 heavy (non-hydrogen) atoms. The first kappa shape index (κ1) is 26.5. The van der Waals surface area contributed by atoms with Crippen LogP contribution in [0.25, 0.3) is 0 Å². The highest BCUT2D eigenvalue weighted by Crippen LogP contribution is 2.37. The number of nitrogens with one attached hydrogen (secondary N) is 2. The summed E-state index contributed by atoms with van der Waals surface area (Å²) in [6.07, 6.45) is 0.0308. The number of aliphatic hydroxyl groups is 3. The fraction of sp³-hybridized carbons (Fsp3) is 0.400. The Bertz CT molecular complexity index is 1130. The molecule has 3 atom stereocenters. The van der Waals surface area contributed by atoms with E-state index in [0.29, 0.717) is 44.2 Å². The maximum atomic E-state index is 12.7. The number of rotatable bonds is 10. The lowest BCUT2D eigenvalue weighted by molar-refractivity contribution is -0.118. The summed E-state index contributed by atoms with van der Waals surface area (Å²) in [7, 11) is 1.50. The van der Waals surface area contributed by atoms with Crippen molar-refractivity contribution in [2.24, 2.45) is 0 Å². The molecule has 1 aliphatic heterocycles. The lowest BCUT2D eigenvalue weighted by atomic mass is 9.89. The van der Waals surface area contributed by atoms with Gasteiger partial charge < -0.3 is 44.9 Å². The van der Waals surface area contributed by atoms with Crippen LogP contribution >= 0.6 is 22.6 Å². The van der Waals surface area contributed by atoms with Crippen LogP contribution in [-0.2, 0) is 17.9 Å². The van der Waals surface area contributed by atoms with Gasteiger partial charge in [-0.05, 0) is 70.5 Å². The van der Waals surface area contributed by atoms with Gasteiger partial charge in [-0.25, -0.2) is 0 Å². The van der Waals surface area contributed by atoms with Crippen molar-refractivity contribution >= 4 is 28.5 Å². The molecule has 0 fully saturated rings. The van der Waals surface area contributed by atoms with Crippen LogP contribution in [-0.4, -0.2) is 66.5 Å². The molecule has 0 radical (unpaired) electrons. The third kappa shape index (κ3) is 6.03. The first-order chi connectivity index (χ1) is 17.4. The number of hydrogen-bond acceptors (Lipinski definition) is 9. The van der Waals surface area contributed by atoms with Crippen LogP contribution < -0.4 is 29.6 Å². The molecular formula is C25H29IN2O8. The van der Waals surface area contributed by atoms with E-state index in [2.05, 4.69) is 33.2 Å². The van der Waals surface area contributed by atoms with Crippen molar-refractivity contribution in [1.82, 2.24) is 10.6 Å². The van der Waals surface area contributed by atoms with Crippen molar-refractivity contribution in [3.8, 4) is 23.0 Å². The van der Waals surface area contributed by atoms with E-state index in [-0.39, 0.29) is 38.9 Å². The summed E-state index contributed by atoms with van der Waals surface area (Å²) in [5.74, 6) is 1.83. The standard InChI is InChI=1S/C25H29IN2O8/c1-33-22-8-15(12-30)6-17(26)24(22)36-21-10-16(25(32)27-4-5-29)9-18(23(21)31)28-11-14-2-3-19-20(7-14)35-13-34-19/h2-3,6-8,10,18,21,23,28-31H,4-5,9,11-13H2,1H3,(H,27,32). The van der Waals surface area contributed by atoms with Gasteiger partial charge in [0.2, 0.25) is 12.7 Å². The zero-order valence-corrected chi connectivity index (χ0v) is 21.9. The summed E-state index contributed by atoms with van der Waals surface area (Å²) in [5.41, 5.74) is 2.03. The maximum absolute atomic E-state index is 12.7. The molecule has 1 heterocycles. The maximum Gasteiger partial charge on any atom is 0.247 e. The van der Waals surface area contributed by atoms with Gasteiger partial charge in [0.1, 0.15) is 12.2 Å².